The molecule has 0 aliphatic carbocycles. The zero-order chi connectivity index (χ0) is 25.1. The maximum Gasteiger partial charge on any atom is 0.291 e. The minimum absolute atomic E-state index is 0.261. The van der Waals surface area contributed by atoms with Crippen molar-refractivity contribution in [2.75, 3.05) is 13.7 Å². The van der Waals surface area contributed by atoms with E-state index in [1.807, 2.05) is 48.5 Å². The van der Waals surface area contributed by atoms with E-state index < -0.39 is 0 Å². The van der Waals surface area contributed by atoms with E-state index in [1.165, 1.54) is 15.9 Å². The minimum Gasteiger partial charge on any atom is -0.493 e. The number of aromatic nitrogens is 3. The molecule has 0 radical (unpaired) electrons. The van der Waals surface area contributed by atoms with Gasteiger partial charge in [-0.25, -0.2) is 0 Å². The Hall–Kier alpha value is -4.14. The van der Waals surface area contributed by atoms with Crippen LogP contribution >= 0.6 is 22.9 Å². The van der Waals surface area contributed by atoms with Crippen molar-refractivity contribution in [2.45, 2.75) is 0 Å². The lowest BCUT2D eigenvalue weighted by Crippen LogP contribution is -2.23. The highest BCUT2D eigenvalue weighted by Crippen LogP contribution is 2.30. The second-order valence-corrected chi connectivity index (χ2v) is 9.02. The fourth-order valence-electron chi connectivity index (χ4n) is 3.51. The van der Waals surface area contributed by atoms with Gasteiger partial charge in [0.25, 0.3) is 5.56 Å². The normalized spacial score (nSPS) is 12.0. The summed E-state index contributed by atoms with van der Waals surface area (Å²) >= 11 is 7.50. The predicted molar refractivity (Wildman–Crippen MR) is 143 cm³/mol. The Labute approximate surface area is 215 Å². The summed E-state index contributed by atoms with van der Waals surface area (Å²) < 4.78 is 18.6. The predicted octanol–water partition coefficient (Wildman–Crippen LogP) is 5.36. The van der Waals surface area contributed by atoms with Gasteiger partial charge in [0.1, 0.15) is 22.7 Å². The molecule has 2 aromatic carbocycles. The van der Waals surface area contributed by atoms with Crippen molar-refractivity contribution in [2.24, 2.45) is 0 Å². The Balaban J connectivity index is 1.38. The van der Waals surface area contributed by atoms with Gasteiger partial charge in [-0.05, 0) is 48.0 Å². The third-order valence-corrected chi connectivity index (χ3v) is 6.50. The van der Waals surface area contributed by atoms with Gasteiger partial charge < -0.3 is 13.9 Å². The molecule has 0 bridgehead atoms. The largest absolute Gasteiger partial charge is 0.493 e. The number of thiazole rings is 1. The van der Waals surface area contributed by atoms with Gasteiger partial charge in [-0.3, -0.25) is 4.79 Å². The number of hydrogen-bond acceptors (Lipinski definition) is 7. The molecule has 0 aliphatic rings. The third-order valence-electron chi connectivity index (χ3n) is 5.21. The summed E-state index contributed by atoms with van der Waals surface area (Å²) in [6.07, 6.45) is 6.94. The molecule has 5 aromatic rings. The molecule has 180 valence electrons. The van der Waals surface area contributed by atoms with Gasteiger partial charge in [0.05, 0.1) is 12.1 Å². The molecular weight excluding hydrogens is 498 g/mol. The summed E-state index contributed by atoms with van der Waals surface area (Å²) in [4.78, 5) is 17.8. The second kappa shape index (κ2) is 10.2. The van der Waals surface area contributed by atoms with Crippen molar-refractivity contribution in [1.82, 2.24) is 14.6 Å². The fourth-order valence-corrected chi connectivity index (χ4v) is 4.64. The standard InChI is InChI=1S/C27H20ClN3O4S/c1-3-14-34-22-11-8-17(15-23(22)33-2)9-13-25-29-27-31(30-25)26(32)24(36-27)16-18-10-12-21(35-18)19-6-4-5-7-20(19)28/h3-13,15-16H,1,14H2,2H3/b13-9+,24-16-. The van der Waals surface area contributed by atoms with E-state index in [4.69, 9.17) is 25.5 Å². The van der Waals surface area contributed by atoms with E-state index in [-0.39, 0.29) is 5.56 Å². The van der Waals surface area contributed by atoms with Crippen LogP contribution in [-0.4, -0.2) is 28.3 Å². The van der Waals surface area contributed by atoms with Crippen LogP contribution in [0.25, 0.3) is 34.5 Å². The molecular formula is C27H20ClN3O4S. The third kappa shape index (κ3) is 4.82. The summed E-state index contributed by atoms with van der Waals surface area (Å²) in [7, 11) is 1.58. The quantitative estimate of drug-likeness (QED) is 0.258. The lowest BCUT2D eigenvalue weighted by Gasteiger charge is -2.09. The van der Waals surface area contributed by atoms with Crippen LogP contribution in [0.1, 0.15) is 17.1 Å². The number of methoxy groups -OCH3 is 1. The molecule has 0 saturated heterocycles. The average molecular weight is 518 g/mol. The van der Waals surface area contributed by atoms with Crippen LogP contribution in [0.4, 0.5) is 0 Å². The summed E-state index contributed by atoms with van der Waals surface area (Å²) in [5, 5.41) is 4.93. The first kappa shape index (κ1) is 23.6. The number of furan rings is 1. The molecule has 9 heteroatoms. The Morgan fingerprint density at radius 2 is 2.00 bits per heavy atom. The first-order valence-electron chi connectivity index (χ1n) is 10.9. The van der Waals surface area contributed by atoms with Gasteiger partial charge in [0, 0.05) is 11.6 Å². The van der Waals surface area contributed by atoms with Crippen LogP contribution in [0.2, 0.25) is 5.02 Å². The molecule has 0 saturated carbocycles. The minimum atomic E-state index is -0.261. The topological polar surface area (TPSA) is 78.9 Å². The first-order valence-corrected chi connectivity index (χ1v) is 12.1. The monoisotopic (exact) mass is 517 g/mol. The zero-order valence-electron chi connectivity index (χ0n) is 19.2. The first-order chi connectivity index (χ1) is 17.6. The van der Waals surface area contributed by atoms with E-state index in [1.54, 1.807) is 37.5 Å². The van der Waals surface area contributed by atoms with Crippen molar-refractivity contribution in [3.63, 3.8) is 0 Å². The Morgan fingerprint density at radius 3 is 2.78 bits per heavy atom. The summed E-state index contributed by atoms with van der Waals surface area (Å²) in [5.41, 5.74) is 1.40. The van der Waals surface area contributed by atoms with E-state index in [0.29, 0.717) is 50.0 Å². The van der Waals surface area contributed by atoms with Crippen molar-refractivity contribution >= 4 is 46.1 Å². The number of benzene rings is 2. The van der Waals surface area contributed by atoms with E-state index >= 15 is 0 Å². The summed E-state index contributed by atoms with van der Waals surface area (Å²) in [5.74, 6) is 2.83. The van der Waals surface area contributed by atoms with Gasteiger partial charge in [-0.15, -0.1) is 5.10 Å². The number of rotatable bonds is 8. The Morgan fingerprint density at radius 1 is 1.14 bits per heavy atom. The van der Waals surface area contributed by atoms with Gasteiger partial charge in [0.2, 0.25) is 4.96 Å². The maximum atomic E-state index is 12.9. The summed E-state index contributed by atoms with van der Waals surface area (Å²) in [6.45, 7) is 4.04. The molecule has 0 N–H and O–H groups in total. The highest BCUT2D eigenvalue weighted by molar-refractivity contribution is 7.15. The van der Waals surface area contributed by atoms with Crippen molar-refractivity contribution in [1.29, 1.82) is 0 Å². The fraction of sp³-hybridized carbons (Fsp3) is 0.0741. The van der Waals surface area contributed by atoms with E-state index in [0.717, 1.165) is 11.1 Å². The van der Waals surface area contributed by atoms with Crippen LogP contribution in [-0.2, 0) is 0 Å². The van der Waals surface area contributed by atoms with Crippen molar-refractivity contribution < 1.29 is 13.9 Å². The number of ether oxygens (including phenoxy) is 2. The number of nitrogens with zero attached hydrogens (tertiary/aromatic N) is 3. The average Bonchev–Trinajstić information content (AvgIpc) is 3.59. The van der Waals surface area contributed by atoms with Crippen molar-refractivity contribution in [3.8, 4) is 22.8 Å². The SMILES string of the molecule is C=CCOc1ccc(/C=C/c2nc3s/c(=C\c4ccc(-c5ccccc5Cl)o4)c(=O)n3n2)cc1OC. The molecule has 0 aliphatic heterocycles. The molecule has 0 spiro atoms. The van der Waals surface area contributed by atoms with E-state index in [2.05, 4.69) is 16.7 Å². The maximum absolute atomic E-state index is 12.9. The number of hydrogen-bond donors (Lipinski definition) is 0. The molecule has 3 heterocycles. The lowest BCUT2D eigenvalue weighted by molar-refractivity contribution is 0.326. The smallest absolute Gasteiger partial charge is 0.291 e. The van der Waals surface area contributed by atoms with Crippen LogP contribution in [0, 0.1) is 0 Å². The van der Waals surface area contributed by atoms with E-state index in [9.17, 15) is 4.79 Å². The van der Waals surface area contributed by atoms with Crippen LogP contribution in [0.15, 0.2) is 76.5 Å². The molecule has 3 aromatic heterocycles. The highest BCUT2D eigenvalue weighted by Gasteiger charge is 2.11. The molecule has 7 nitrogen and oxygen atoms in total. The van der Waals surface area contributed by atoms with Gasteiger partial charge in [0.15, 0.2) is 17.3 Å². The second-order valence-electron chi connectivity index (χ2n) is 7.61. The van der Waals surface area contributed by atoms with Crippen LogP contribution < -0.4 is 19.6 Å². The van der Waals surface area contributed by atoms with Gasteiger partial charge in [-0.1, -0.05) is 59.9 Å². The molecule has 36 heavy (non-hydrogen) atoms. The molecule has 0 unspecified atom stereocenters. The molecule has 0 atom stereocenters. The number of fused-ring (bicyclic) bond motifs is 1. The number of halogens is 1. The Kier molecular flexibility index (Phi) is 6.71. The van der Waals surface area contributed by atoms with Gasteiger partial charge in [-0.2, -0.15) is 9.50 Å². The van der Waals surface area contributed by atoms with Crippen LogP contribution in [0.5, 0.6) is 11.5 Å². The van der Waals surface area contributed by atoms with Crippen LogP contribution in [0.3, 0.4) is 0 Å². The molecule has 0 amide bonds. The van der Waals surface area contributed by atoms with Gasteiger partial charge >= 0.3 is 0 Å². The summed E-state index contributed by atoms with van der Waals surface area (Å²) in [6, 6.07) is 16.6. The highest BCUT2D eigenvalue weighted by atomic mass is 35.5. The zero-order valence-corrected chi connectivity index (χ0v) is 20.8. The van der Waals surface area contributed by atoms with Crippen molar-refractivity contribution in [3.05, 3.63) is 104 Å². The lowest BCUT2D eigenvalue weighted by atomic mass is 10.2. The molecule has 0 fully saturated rings. The Bertz CT molecular complexity index is 1700. The molecule has 5 rings (SSSR count).